The molecule has 8 heteroatoms. The van der Waals surface area contributed by atoms with E-state index in [4.69, 9.17) is 21.1 Å². The van der Waals surface area contributed by atoms with Crippen LogP contribution in [-0.4, -0.2) is 27.4 Å². The molecule has 0 saturated carbocycles. The van der Waals surface area contributed by atoms with Gasteiger partial charge in [-0.15, -0.1) is 0 Å². The van der Waals surface area contributed by atoms with Crippen molar-refractivity contribution in [2.45, 2.75) is 11.8 Å². The van der Waals surface area contributed by atoms with Crippen molar-refractivity contribution in [3.05, 3.63) is 82.4 Å². The third-order valence-corrected chi connectivity index (χ3v) is 6.33. The minimum Gasteiger partial charge on any atom is -0.486 e. The fraction of sp³-hybridized carbons (Fsp3) is 0.136. The molecule has 1 aliphatic heterocycles. The van der Waals surface area contributed by atoms with Crippen LogP contribution in [0.3, 0.4) is 0 Å². The van der Waals surface area contributed by atoms with Crippen molar-refractivity contribution in [2.75, 3.05) is 17.9 Å². The van der Waals surface area contributed by atoms with E-state index in [0.29, 0.717) is 24.7 Å². The third-order valence-electron chi connectivity index (χ3n) is 4.62. The van der Waals surface area contributed by atoms with Crippen molar-refractivity contribution in [3.8, 4) is 11.5 Å². The first-order valence-electron chi connectivity index (χ1n) is 9.17. The second-order valence-corrected chi connectivity index (χ2v) is 8.86. The first-order valence-corrected chi connectivity index (χ1v) is 11.0. The maximum atomic E-state index is 13.2. The van der Waals surface area contributed by atoms with Crippen LogP contribution in [0.2, 0.25) is 5.02 Å². The molecule has 0 unspecified atom stereocenters. The van der Waals surface area contributed by atoms with Crippen molar-refractivity contribution in [1.82, 2.24) is 0 Å². The van der Waals surface area contributed by atoms with Gasteiger partial charge in [-0.3, -0.25) is 9.52 Å². The first kappa shape index (κ1) is 20.3. The molecular weight excluding hydrogens is 426 g/mol. The Balaban J connectivity index is 1.81. The minimum atomic E-state index is -3.94. The second-order valence-electron chi connectivity index (χ2n) is 6.77. The van der Waals surface area contributed by atoms with Gasteiger partial charge in [0.2, 0.25) is 0 Å². The monoisotopic (exact) mass is 443 g/mol. The smallest absolute Gasteiger partial charge is 0.261 e. The summed E-state index contributed by atoms with van der Waals surface area (Å²) in [5, 5.41) is 0.268. The van der Waals surface area contributed by atoms with Gasteiger partial charge in [0.15, 0.2) is 17.3 Å². The molecule has 0 spiro atoms. The van der Waals surface area contributed by atoms with E-state index in [0.717, 1.165) is 5.56 Å². The number of carbonyl (C=O) groups is 1. The number of anilines is 1. The number of ketones is 1. The lowest BCUT2D eigenvalue weighted by molar-refractivity contribution is 0.103. The number of hydrogen-bond acceptors (Lipinski definition) is 5. The summed E-state index contributed by atoms with van der Waals surface area (Å²) < 4.78 is 39.5. The highest BCUT2D eigenvalue weighted by atomic mass is 35.5. The van der Waals surface area contributed by atoms with Crippen LogP contribution in [-0.2, 0) is 10.0 Å². The summed E-state index contributed by atoms with van der Waals surface area (Å²) in [6.07, 6.45) is 0. The van der Waals surface area contributed by atoms with Crippen LogP contribution in [0.25, 0.3) is 0 Å². The molecule has 0 bridgehead atoms. The normalized spacial score (nSPS) is 13.0. The summed E-state index contributed by atoms with van der Waals surface area (Å²) in [6, 6.07) is 15.9. The number of hydrogen-bond donors (Lipinski definition) is 1. The molecule has 0 radical (unpaired) electrons. The van der Waals surface area contributed by atoms with Crippen molar-refractivity contribution >= 4 is 33.1 Å². The van der Waals surface area contributed by atoms with Crippen LogP contribution in [0.5, 0.6) is 11.5 Å². The maximum Gasteiger partial charge on any atom is 0.261 e. The van der Waals surface area contributed by atoms with Crippen molar-refractivity contribution in [1.29, 1.82) is 0 Å². The molecule has 1 aliphatic rings. The molecule has 6 nitrogen and oxygen atoms in total. The Morgan fingerprint density at radius 3 is 2.23 bits per heavy atom. The molecule has 0 saturated heterocycles. The van der Waals surface area contributed by atoms with Gasteiger partial charge in [0.25, 0.3) is 10.0 Å². The highest BCUT2D eigenvalue weighted by Gasteiger charge is 2.25. The van der Waals surface area contributed by atoms with Gasteiger partial charge in [-0.2, -0.15) is 0 Å². The quantitative estimate of drug-likeness (QED) is 0.589. The van der Waals surface area contributed by atoms with E-state index in [1.165, 1.54) is 24.3 Å². The van der Waals surface area contributed by atoms with Gasteiger partial charge >= 0.3 is 0 Å². The number of carbonyl (C=O) groups excluding carboxylic acids is 1. The lowest BCUT2D eigenvalue weighted by atomic mass is 10.0. The largest absolute Gasteiger partial charge is 0.486 e. The summed E-state index contributed by atoms with van der Waals surface area (Å²) in [4.78, 5) is 13.3. The molecule has 0 aliphatic carbocycles. The number of halogens is 1. The Kier molecular flexibility index (Phi) is 5.40. The molecule has 1 N–H and O–H groups in total. The van der Waals surface area contributed by atoms with Crippen molar-refractivity contribution in [3.63, 3.8) is 0 Å². The lowest BCUT2D eigenvalue weighted by Gasteiger charge is -2.21. The van der Waals surface area contributed by atoms with Crippen LogP contribution in [0.15, 0.2) is 65.6 Å². The molecule has 154 valence electrons. The number of benzene rings is 3. The summed E-state index contributed by atoms with van der Waals surface area (Å²) in [7, 11) is -3.94. The summed E-state index contributed by atoms with van der Waals surface area (Å²) in [5.74, 6) is 0.299. The van der Waals surface area contributed by atoms with Crippen LogP contribution in [0, 0.1) is 6.92 Å². The summed E-state index contributed by atoms with van der Waals surface area (Å²) >= 11 is 6.19. The molecule has 0 aromatic heterocycles. The number of rotatable bonds is 5. The average molecular weight is 444 g/mol. The van der Waals surface area contributed by atoms with E-state index >= 15 is 0 Å². The fourth-order valence-corrected chi connectivity index (χ4v) is 4.36. The molecule has 1 heterocycles. The predicted molar refractivity (Wildman–Crippen MR) is 114 cm³/mol. The van der Waals surface area contributed by atoms with E-state index in [-0.39, 0.29) is 26.7 Å². The van der Waals surface area contributed by atoms with E-state index in [9.17, 15) is 13.2 Å². The summed E-state index contributed by atoms with van der Waals surface area (Å²) in [5.41, 5.74) is 1.39. The highest BCUT2D eigenvalue weighted by Crippen LogP contribution is 2.38. The number of nitrogens with one attached hydrogen (secondary N) is 1. The van der Waals surface area contributed by atoms with Gasteiger partial charge in [-0.05, 0) is 37.3 Å². The zero-order valence-corrected chi connectivity index (χ0v) is 17.6. The second kappa shape index (κ2) is 8.01. The van der Waals surface area contributed by atoms with E-state index in [1.54, 1.807) is 36.4 Å². The number of aryl methyl sites for hydroxylation is 1. The molecule has 0 amide bonds. The van der Waals surface area contributed by atoms with Crippen molar-refractivity contribution < 1.29 is 22.7 Å². The van der Waals surface area contributed by atoms with Crippen LogP contribution >= 0.6 is 11.6 Å². The van der Waals surface area contributed by atoms with Crippen LogP contribution in [0.1, 0.15) is 21.5 Å². The first-order chi connectivity index (χ1) is 14.3. The van der Waals surface area contributed by atoms with Gasteiger partial charge in [0.1, 0.15) is 13.2 Å². The van der Waals surface area contributed by atoms with Gasteiger partial charge in [0.05, 0.1) is 21.2 Å². The van der Waals surface area contributed by atoms with Crippen LogP contribution in [0.4, 0.5) is 5.69 Å². The minimum absolute atomic E-state index is 0.0825. The molecule has 4 rings (SSSR count). The Morgan fingerprint density at radius 1 is 0.933 bits per heavy atom. The van der Waals surface area contributed by atoms with E-state index in [2.05, 4.69) is 4.72 Å². The van der Waals surface area contributed by atoms with Gasteiger partial charge in [-0.25, -0.2) is 8.42 Å². The highest BCUT2D eigenvalue weighted by molar-refractivity contribution is 7.92. The van der Waals surface area contributed by atoms with Gasteiger partial charge in [-0.1, -0.05) is 41.4 Å². The fourth-order valence-electron chi connectivity index (χ4n) is 3.07. The number of fused-ring (bicyclic) bond motifs is 1. The zero-order chi connectivity index (χ0) is 21.3. The topological polar surface area (TPSA) is 81.7 Å². The van der Waals surface area contributed by atoms with Gasteiger partial charge in [0, 0.05) is 11.6 Å². The third kappa shape index (κ3) is 3.99. The standard InChI is InChI=1S/C22H18ClNO5S/c1-14-6-8-15(9-7-14)30(26,27)24-19-13-21-20(28-10-11-29-21)12-17(19)22(25)16-4-2-3-5-18(16)23/h2-9,12-13,24H,10-11H2,1H3. The van der Waals surface area contributed by atoms with Crippen LogP contribution < -0.4 is 14.2 Å². The molecule has 0 fully saturated rings. The Hall–Kier alpha value is -3.03. The maximum absolute atomic E-state index is 13.2. The SMILES string of the molecule is Cc1ccc(S(=O)(=O)Nc2cc3c(cc2C(=O)c2ccccc2Cl)OCCO3)cc1. The Bertz CT molecular complexity index is 1220. The number of ether oxygens (including phenoxy) is 2. The lowest BCUT2D eigenvalue weighted by Crippen LogP contribution is -2.19. The van der Waals surface area contributed by atoms with Gasteiger partial charge < -0.3 is 9.47 Å². The molecule has 0 atom stereocenters. The van der Waals surface area contributed by atoms with E-state index < -0.39 is 15.8 Å². The average Bonchev–Trinajstić information content (AvgIpc) is 2.73. The Morgan fingerprint density at radius 2 is 1.57 bits per heavy atom. The van der Waals surface area contributed by atoms with E-state index in [1.807, 2.05) is 6.92 Å². The zero-order valence-electron chi connectivity index (χ0n) is 16.0. The predicted octanol–water partition coefficient (Wildman–Crippen LogP) is 4.45. The van der Waals surface area contributed by atoms with Crippen molar-refractivity contribution in [2.24, 2.45) is 0 Å². The summed E-state index contributed by atoms with van der Waals surface area (Å²) in [6.45, 7) is 2.53. The molecule has 3 aromatic rings. The molecular formula is C22H18ClNO5S. The molecule has 30 heavy (non-hydrogen) atoms. The number of sulfonamides is 1. The Labute approximate surface area is 179 Å². The molecule has 3 aromatic carbocycles.